The number of hydrogen-bond donors (Lipinski definition) is 1. The van der Waals surface area contributed by atoms with E-state index in [0.29, 0.717) is 16.5 Å². The summed E-state index contributed by atoms with van der Waals surface area (Å²) in [5, 5.41) is 7.49. The molecule has 3 aromatic rings. The SMILES string of the molecule is CC(=O)c1csc(NC(=O)Cc2csc(-c3cccc(Br)c3)n2)n1. The Balaban J connectivity index is 1.65. The second-order valence-electron chi connectivity index (χ2n) is 4.97. The Bertz CT molecular complexity index is 904. The van der Waals surface area contributed by atoms with Crippen LogP contribution in [0.25, 0.3) is 10.6 Å². The first-order valence-electron chi connectivity index (χ1n) is 6.98. The highest BCUT2D eigenvalue weighted by molar-refractivity contribution is 9.10. The van der Waals surface area contributed by atoms with E-state index < -0.39 is 0 Å². The van der Waals surface area contributed by atoms with Gasteiger partial charge in [0.05, 0.1) is 12.1 Å². The van der Waals surface area contributed by atoms with Gasteiger partial charge in [-0.3, -0.25) is 9.59 Å². The van der Waals surface area contributed by atoms with Crippen LogP contribution in [0.15, 0.2) is 39.5 Å². The molecule has 1 amide bonds. The van der Waals surface area contributed by atoms with Gasteiger partial charge in [0.2, 0.25) is 5.91 Å². The third kappa shape index (κ3) is 4.14. The van der Waals surface area contributed by atoms with Gasteiger partial charge in [-0.2, -0.15) is 0 Å². The third-order valence-corrected chi connectivity index (χ3v) is 5.27. The molecule has 3 rings (SSSR count). The minimum Gasteiger partial charge on any atom is -0.302 e. The summed E-state index contributed by atoms with van der Waals surface area (Å²) in [7, 11) is 0. The van der Waals surface area contributed by atoms with Gasteiger partial charge in [-0.15, -0.1) is 22.7 Å². The predicted molar refractivity (Wildman–Crippen MR) is 99.7 cm³/mol. The van der Waals surface area contributed by atoms with Crippen LogP contribution < -0.4 is 5.32 Å². The Morgan fingerprint density at radius 3 is 2.75 bits per heavy atom. The minimum atomic E-state index is -0.203. The lowest BCUT2D eigenvalue weighted by molar-refractivity contribution is -0.115. The molecule has 122 valence electrons. The second kappa shape index (κ2) is 7.33. The van der Waals surface area contributed by atoms with Crippen molar-refractivity contribution in [3.8, 4) is 10.6 Å². The molecule has 0 atom stereocenters. The number of carbonyl (C=O) groups excluding carboxylic acids is 2. The number of Topliss-reactive ketones (excluding diaryl/α,β-unsaturated/α-hetero) is 1. The van der Waals surface area contributed by atoms with Gasteiger partial charge in [0, 0.05) is 27.7 Å². The summed E-state index contributed by atoms with van der Waals surface area (Å²) in [4.78, 5) is 31.9. The highest BCUT2D eigenvalue weighted by atomic mass is 79.9. The smallest absolute Gasteiger partial charge is 0.232 e. The molecule has 0 spiro atoms. The molecule has 0 unspecified atom stereocenters. The molecule has 2 heterocycles. The van der Waals surface area contributed by atoms with E-state index in [2.05, 4.69) is 31.2 Å². The highest BCUT2D eigenvalue weighted by Gasteiger charge is 2.12. The van der Waals surface area contributed by atoms with Crippen LogP contribution in [-0.2, 0) is 11.2 Å². The lowest BCUT2D eigenvalue weighted by atomic mass is 10.2. The minimum absolute atomic E-state index is 0.120. The maximum atomic E-state index is 12.1. The summed E-state index contributed by atoms with van der Waals surface area (Å²) in [5.41, 5.74) is 2.07. The largest absolute Gasteiger partial charge is 0.302 e. The van der Waals surface area contributed by atoms with Gasteiger partial charge in [0.1, 0.15) is 10.7 Å². The van der Waals surface area contributed by atoms with Crippen molar-refractivity contribution in [2.45, 2.75) is 13.3 Å². The van der Waals surface area contributed by atoms with Gasteiger partial charge in [-0.05, 0) is 12.1 Å². The zero-order valence-electron chi connectivity index (χ0n) is 12.6. The fourth-order valence-corrected chi connectivity index (χ4v) is 3.94. The number of rotatable bonds is 5. The van der Waals surface area contributed by atoms with Gasteiger partial charge < -0.3 is 5.32 Å². The Morgan fingerprint density at radius 2 is 2.04 bits per heavy atom. The van der Waals surface area contributed by atoms with Crippen LogP contribution in [0.1, 0.15) is 23.1 Å². The molecule has 0 radical (unpaired) electrons. The van der Waals surface area contributed by atoms with Crippen LogP contribution in [0, 0.1) is 0 Å². The molecule has 0 saturated heterocycles. The fourth-order valence-electron chi connectivity index (χ4n) is 1.96. The van der Waals surface area contributed by atoms with E-state index in [1.54, 1.807) is 5.38 Å². The molecular weight excluding hydrogens is 410 g/mol. The molecule has 24 heavy (non-hydrogen) atoms. The van der Waals surface area contributed by atoms with E-state index in [0.717, 1.165) is 15.0 Å². The number of aromatic nitrogens is 2. The zero-order chi connectivity index (χ0) is 17.1. The molecule has 0 bridgehead atoms. The predicted octanol–water partition coefficient (Wildman–Crippen LogP) is 4.41. The van der Waals surface area contributed by atoms with Crippen molar-refractivity contribution in [2.75, 3.05) is 5.32 Å². The van der Waals surface area contributed by atoms with Crippen molar-refractivity contribution >= 4 is 55.4 Å². The van der Waals surface area contributed by atoms with E-state index in [1.165, 1.54) is 29.6 Å². The first kappa shape index (κ1) is 16.9. The molecule has 0 aliphatic carbocycles. The molecule has 0 aliphatic heterocycles. The van der Waals surface area contributed by atoms with E-state index in [4.69, 9.17) is 0 Å². The Labute approximate surface area is 154 Å². The molecule has 0 aliphatic rings. The van der Waals surface area contributed by atoms with Crippen molar-refractivity contribution in [2.24, 2.45) is 0 Å². The maximum Gasteiger partial charge on any atom is 0.232 e. The third-order valence-electron chi connectivity index (χ3n) is 3.08. The summed E-state index contributed by atoms with van der Waals surface area (Å²) < 4.78 is 0.986. The summed E-state index contributed by atoms with van der Waals surface area (Å²) in [6.45, 7) is 1.44. The number of carbonyl (C=O) groups is 2. The molecule has 2 aromatic heterocycles. The Hall–Kier alpha value is -1.90. The number of halogens is 1. The van der Waals surface area contributed by atoms with Crippen LogP contribution in [-0.4, -0.2) is 21.7 Å². The average molecular weight is 422 g/mol. The average Bonchev–Trinajstić information content (AvgIpc) is 3.17. The van der Waals surface area contributed by atoms with Crippen LogP contribution in [0.5, 0.6) is 0 Å². The van der Waals surface area contributed by atoms with Crippen molar-refractivity contribution in [1.29, 1.82) is 0 Å². The summed E-state index contributed by atoms with van der Waals surface area (Å²) in [6, 6.07) is 7.87. The van der Waals surface area contributed by atoms with Crippen molar-refractivity contribution in [3.05, 3.63) is 50.9 Å². The fraction of sp³-hybridized carbons (Fsp3) is 0.125. The first-order chi connectivity index (χ1) is 11.5. The molecule has 1 N–H and O–H groups in total. The van der Waals surface area contributed by atoms with E-state index in [9.17, 15) is 9.59 Å². The van der Waals surface area contributed by atoms with Crippen LogP contribution >= 0.6 is 38.6 Å². The normalized spacial score (nSPS) is 10.6. The van der Waals surface area contributed by atoms with E-state index >= 15 is 0 Å². The Kier molecular flexibility index (Phi) is 5.17. The lowest BCUT2D eigenvalue weighted by Crippen LogP contribution is -2.14. The molecule has 5 nitrogen and oxygen atoms in total. The number of anilines is 1. The zero-order valence-corrected chi connectivity index (χ0v) is 15.8. The summed E-state index contributed by atoms with van der Waals surface area (Å²) in [5.74, 6) is -0.324. The van der Waals surface area contributed by atoms with Crippen molar-refractivity contribution in [1.82, 2.24) is 9.97 Å². The topological polar surface area (TPSA) is 72.0 Å². The van der Waals surface area contributed by atoms with Crippen LogP contribution in [0.3, 0.4) is 0 Å². The number of benzene rings is 1. The molecule has 0 saturated carbocycles. The van der Waals surface area contributed by atoms with Gasteiger partial charge in [0.25, 0.3) is 0 Å². The van der Waals surface area contributed by atoms with E-state index in [1.807, 2.05) is 29.6 Å². The molecule has 1 aromatic carbocycles. The van der Waals surface area contributed by atoms with Gasteiger partial charge in [0.15, 0.2) is 10.9 Å². The molecule has 8 heteroatoms. The number of thiazole rings is 2. The summed E-state index contributed by atoms with van der Waals surface area (Å²) >= 11 is 6.17. The first-order valence-corrected chi connectivity index (χ1v) is 9.53. The van der Waals surface area contributed by atoms with Gasteiger partial charge in [-0.25, -0.2) is 9.97 Å². The number of nitrogens with zero attached hydrogens (tertiary/aromatic N) is 2. The summed E-state index contributed by atoms with van der Waals surface area (Å²) in [6.07, 6.45) is 0.166. The van der Waals surface area contributed by atoms with Crippen molar-refractivity contribution in [3.63, 3.8) is 0 Å². The van der Waals surface area contributed by atoms with E-state index in [-0.39, 0.29) is 18.1 Å². The highest BCUT2D eigenvalue weighted by Crippen LogP contribution is 2.26. The van der Waals surface area contributed by atoms with Gasteiger partial charge in [-0.1, -0.05) is 28.1 Å². The maximum absolute atomic E-state index is 12.1. The quantitative estimate of drug-likeness (QED) is 0.619. The molecule has 0 fully saturated rings. The molecular formula is C16H12BrN3O2S2. The van der Waals surface area contributed by atoms with Crippen LogP contribution in [0.4, 0.5) is 5.13 Å². The number of amides is 1. The van der Waals surface area contributed by atoms with Gasteiger partial charge >= 0.3 is 0 Å². The standard InChI is InChI=1S/C16H12BrN3O2S2/c1-9(21)13-8-24-16(19-13)20-14(22)6-12-7-23-15(18-12)10-3-2-4-11(17)5-10/h2-5,7-8H,6H2,1H3,(H,19,20,22). The lowest BCUT2D eigenvalue weighted by Gasteiger charge is -1.99. The monoisotopic (exact) mass is 421 g/mol. The number of hydrogen-bond acceptors (Lipinski definition) is 6. The second-order valence-corrected chi connectivity index (χ2v) is 7.61. The van der Waals surface area contributed by atoms with Crippen molar-refractivity contribution < 1.29 is 9.59 Å². The Morgan fingerprint density at radius 1 is 1.21 bits per heavy atom. The number of nitrogens with one attached hydrogen (secondary N) is 1. The van der Waals surface area contributed by atoms with Crippen LogP contribution in [0.2, 0.25) is 0 Å². The number of ketones is 1.